The van der Waals surface area contributed by atoms with Crippen molar-refractivity contribution in [3.8, 4) is 0 Å². The Morgan fingerprint density at radius 3 is 2.65 bits per heavy atom. The molecule has 1 N–H and O–H groups in total. The lowest BCUT2D eigenvalue weighted by molar-refractivity contribution is -0.121. The largest absolute Gasteiger partial charge is 0.300 e. The van der Waals surface area contributed by atoms with Crippen molar-refractivity contribution >= 4 is 39.8 Å². The van der Waals surface area contributed by atoms with Crippen molar-refractivity contribution in [2.24, 2.45) is 5.92 Å². The molecule has 0 saturated carbocycles. The highest BCUT2D eigenvalue weighted by atomic mass is 32.1. The standard InChI is InChI=1S/C18H20N4O3S/c1-4-12(16(24)19-18-21-20-14(26-18)9-10(2)3)22-13-8-6-5-7-11(13)15(23)17(22)25/h5-8,10,12H,4,9H2,1-3H3,(H,19,21,24). The van der Waals surface area contributed by atoms with Crippen LogP contribution in [0.4, 0.5) is 10.8 Å². The number of nitrogens with one attached hydrogen (secondary N) is 1. The van der Waals surface area contributed by atoms with E-state index in [1.807, 2.05) is 0 Å². The molecule has 1 aromatic heterocycles. The third-order valence-corrected chi connectivity index (χ3v) is 4.96. The average molecular weight is 372 g/mol. The molecule has 2 amide bonds. The summed E-state index contributed by atoms with van der Waals surface area (Å²) < 4.78 is 0. The normalized spacial score (nSPS) is 14.7. The fourth-order valence-corrected chi connectivity index (χ4v) is 3.88. The van der Waals surface area contributed by atoms with Crippen LogP contribution in [0.3, 0.4) is 0 Å². The van der Waals surface area contributed by atoms with Gasteiger partial charge in [0.1, 0.15) is 11.0 Å². The van der Waals surface area contributed by atoms with E-state index >= 15 is 0 Å². The summed E-state index contributed by atoms with van der Waals surface area (Å²) in [6.45, 7) is 5.97. The Hall–Kier alpha value is -2.61. The molecule has 0 bridgehead atoms. The molecule has 0 saturated heterocycles. The topological polar surface area (TPSA) is 92.3 Å². The van der Waals surface area contributed by atoms with Crippen molar-refractivity contribution in [3.05, 3.63) is 34.8 Å². The quantitative estimate of drug-likeness (QED) is 0.787. The van der Waals surface area contributed by atoms with Crippen molar-refractivity contribution in [2.45, 2.75) is 39.7 Å². The van der Waals surface area contributed by atoms with E-state index in [4.69, 9.17) is 0 Å². The summed E-state index contributed by atoms with van der Waals surface area (Å²) in [5.74, 6) is -1.19. The third-order valence-electron chi connectivity index (χ3n) is 4.10. The van der Waals surface area contributed by atoms with E-state index in [9.17, 15) is 14.4 Å². The van der Waals surface area contributed by atoms with Gasteiger partial charge in [-0.3, -0.25) is 24.6 Å². The van der Waals surface area contributed by atoms with Gasteiger partial charge < -0.3 is 0 Å². The first-order valence-corrected chi connectivity index (χ1v) is 9.34. The van der Waals surface area contributed by atoms with Crippen LogP contribution < -0.4 is 10.2 Å². The number of amides is 2. The van der Waals surface area contributed by atoms with Gasteiger partial charge in [-0.05, 0) is 24.5 Å². The zero-order chi connectivity index (χ0) is 18.8. The maximum Gasteiger partial charge on any atom is 0.300 e. The van der Waals surface area contributed by atoms with E-state index < -0.39 is 17.7 Å². The lowest BCUT2D eigenvalue weighted by atomic mass is 10.1. The number of hydrogen-bond donors (Lipinski definition) is 1. The van der Waals surface area contributed by atoms with Crippen molar-refractivity contribution in [2.75, 3.05) is 10.2 Å². The van der Waals surface area contributed by atoms with Gasteiger partial charge in [0.15, 0.2) is 0 Å². The highest BCUT2D eigenvalue weighted by Gasteiger charge is 2.41. The molecule has 1 aliphatic rings. The van der Waals surface area contributed by atoms with Crippen LogP contribution in [-0.2, 0) is 16.0 Å². The van der Waals surface area contributed by atoms with E-state index in [0.717, 1.165) is 11.4 Å². The number of Topliss-reactive ketones (excluding diaryl/α,β-unsaturated/α-hetero) is 1. The molecular formula is C18H20N4O3S. The van der Waals surface area contributed by atoms with Gasteiger partial charge in [0.2, 0.25) is 11.0 Å². The minimum Gasteiger partial charge on any atom is -0.299 e. The smallest absolute Gasteiger partial charge is 0.299 e. The summed E-state index contributed by atoms with van der Waals surface area (Å²) >= 11 is 1.32. The number of benzene rings is 1. The molecule has 1 unspecified atom stereocenters. The summed E-state index contributed by atoms with van der Waals surface area (Å²) in [7, 11) is 0. The molecule has 0 fully saturated rings. The SMILES string of the molecule is CCC(C(=O)Nc1nnc(CC(C)C)s1)N1C(=O)C(=O)c2ccccc21. The van der Waals surface area contributed by atoms with Gasteiger partial charge in [0.05, 0.1) is 11.3 Å². The van der Waals surface area contributed by atoms with Crippen LogP contribution in [0.5, 0.6) is 0 Å². The molecule has 1 aromatic carbocycles. The Morgan fingerprint density at radius 2 is 1.96 bits per heavy atom. The Morgan fingerprint density at radius 1 is 1.23 bits per heavy atom. The zero-order valence-corrected chi connectivity index (χ0v) is 15.7. The lowest BCUT2D eigenvalue weighted by Gasteiger charge is -2.25. The van der Waals surface area contributed by atoms with Crippen molar-refractivity contribution in [3.63, 3.8) is 0 Å². The number of carbonyl (C=O) groups is 3. The van der Waals surface area contributed by atoms with Crippen LogP contribution in [0, 0.1) is 5.92 Å². The highest BCUT2D eigenvalue weighted by molar-refractivity contribution is 7.15. The van der Waals surface area contributed by atoms with Gasteiger partial charge in [-0.15, -0.1) is 10.2 Å². The number of anilines is 2. The molecule has 1 aliphatic heterocycles. The lowest BCUT2D eigenvalue weighted by Crippen LogP contribution is -2.46. The summed E-state index contributed by atoms with van der Waals surface area (Å²) in [6.07, 6.45) is 1.16. The molecule has 8 heteroatoms. The molecule has 2 heterocycles. The Kier molecular flexibility index (Phi) is 5.13. The molecular weight excluding hydrogens is 352 g/mol. The molecule has 2 aromatic rings. The summed E-state index contributed by atoms with van der Waals surface area (Å²) in [4.78, 5) is 38.6. The van der Waals surface area contributed by atoms with Crippen molar-refractivity contribution < 1.29 is 14.4 Å². The van der Waals surface area contributed by atoms with E-state index in [-0.39, 0.29) is 5.91 Å². The molecule has 0 aliphatic carbocycles. The second-order valence-electron chi connectivity index (χ2n) is 6.53. The monoisotopic (exact) mass is 372 g/mol. The Bertz CT molecular complexity index is 862. The first-order valence-electron chi connectivity index (χ1n) is 8.52. The van der Waals surface area contributed by atoms with Crippen molar-refractivity contribution in [1.29, 1.82) is 0 Å². The predicted octanol–water partition coefficient (Wildman–Crippen LogP) is 2.68. The summed E-state index contributed by atoms with van der Waals surface area (Å²) in [5, 5.41) is 12.0. The van der Waals surface area contributed by atoms with Crippen LogP contribution in [0.2, 0.25) is 0 Å². The molecule has 1 atom stereocenters. The number of carbonyl (C=O) groups excluding carboxylic acids is 3. The van der Waals surface area contributed by atoms with Crippen molar-refractivity contribution in [1.82, 2.24) is 10.2 Å². The van der Waals surface area contributed by atoms with E-state index in [2.05, 4.69) is 29.4 Å². The molecule has 26 heavy (non-hydrogen) atoms. The summed E-state index contributed by atoms with van der Waals surface area (Å²) in [5.41, 5.74) is 0.807. The molecule has 136 valence electrons. The number of aromatic nitrogens is 2. The minimum atomic E-state index is -0.785. The van der Waals surface area contributed by atoms with Gasteiger partial charge in [-0.1, -0.05) is 44.2 Å². The van der Waals surface area contributed by atoms with Crippen LogP contribution >= 0.6 is 11.3 Å². The van der Waals surface area contributed by atoms with E-state index in [1.54, 1.807) is 31.2 Å². The van der Waals surface area contributed by atoms with Gasteiger partial charge in [-0.25, -0.2) is 0 Å². The fourth-order valence-electron chi connectivity index (χ4n) is 2.93. The van der Waals surface area contributed by atoms with Gasteiger partial charge in [0.25, 0.3) is 11.7 Å². The maximum absolute atomic E-state index is 12.7. The number of ketones is 1. The van der Waals surface area contributed by atoms with E-state index in [0.29, 0.717) is 28.7 Å². The van der Waals surface area contributed by atoms with Gasteiger partial charge in [-0.2, -0.15) is 0 Å². The molecule has 0 radical (unpaired) electrons. The van der Waals surface area contributed by atoms with Gasteiger partial charge in [0, 0.05) is 6.42 Å². The average Bonchev–Trinajstić information content (AvgIpc) is 3.13. The third kappa shape index (κ3) is 3.37. The number of nitrogens with zero attached hydrogens (tertiary/aromatic N) is 3. The Labute approximate surface area is 155 Å². The minimum absolute atomic E-state index is 0.332. The molecule has 7 nitrogen and oxygen atoms in total. The first kappa shape index (κ1) is 18.2. The van der Waals surface area contributed by atoms with Crippen LogP contribution in [0.1, 0.15) is 42.6 Å². The fraction of sp³-hybridized carbons (Fsp3) is 0.389. The van der Waals surface area contributed by atoms with Crippen LogP contribution in [-0.4, -0.2) is 33.8 Å². The van der Waals surface area contributed by atoms with Gasteiger partial charge >= 0.3 is 0 Å². The second-order valence-corrected chi connectivity index (χ2v) is 7.60. The number of hydrogen-bond acceptors (Lipinski definition) is 6. The number of fused-ring (bicyclic) bond motifs is 1. The second kappa shape index (κ2) is 7.33. The van der Waals surface area contributed by atoms with E-state index in [1.165, 1.54) is 16.2 Å². The maximum atomic E-state index is 12.7. The zero-order valence-electron chi connectivity index (χ0n) is 14.9. The first-order chi connectivity index (χ1) is 12.4. The molecule has 3 rings (SSSR count). The molecule has 0 spiro atoms. The van der Waals surface area contributed by atoms with Crippen LogP contribution in [0.15, 0.2) is 24.3 Å². The summed E-state index contributed by atoms with van der Waals surface area (Å²) in [6, 6.07) is 5.94. The highest BCUT2D eigenvalue weighted by Crippen LogP contribution is 2.31. The number of rotatable bonds is 6. The number of para-hydroxylation sites is 1. The van der Waals surface area contributed by atoms with Crippen LogP contribution in [0.25, 0.3) is 0 Å². The predicted molar refractivity (Wildman–Crippen MR) is 99.4 cm³/mol. The Balaban J connectivity index is 1.80.